The lowest BCUT2D eigenvalue weighted by Gasteiger charge is -2.12. The standard InChI is InChI=1S/C21H25ClN2O4/c1-14-6-8-19(27-3)17(11-14)24-21(26)13-23-20(25)5-4-10-28-18-9-7-16(22)12-15(18)2/h6-9,11-12H,4-5,10,13H2,1-3H3,(H,23,25)(H,24,26). The molecule has 0 radical (unpaired) electrons. The van der Waals surface area contributed by atoms with Crippen LogP contribution in [0.25, 0.3) is 0 Å². The first-order chi connectivity index (χ1) is 13.4. The number of anilines is 1. The van der Waals surface area contributed by atoms with Crippen LogP contribution in [0.3, 0.4) is 0 Å². The van der Waals surface area contributed by atoms with E-state index in [9.17, 15) is 9.59 Å². The van der Waals surface area contributed by atoms with Crippen LogP contribution in [-0.2, 0) is 9.59 Å². The summed E-state index contributed by atoms with van der Waals surface area (Å²) in [6.45, 7) is 4.13. The van der Waals surface area contributed by atoms with E-state index >= 15 is 0 Å². The Hall–Kier alpha value is -2.73. The molecule has 2 amide bonds. The molecule has 0 atom stereocenters. The van der Waals surface area contributed by atoms with Gasteiger partial charge in [0.25, 0.3) is 0 Å². The van der Waals surface area contributed by atoms with Crippen molar-refractivity contribution in [2.75, 3.05) is 25.6 Å². The maximum absolute atomic E-state index is 12.1. The van der Waals surface area contributed by atoms with Crippen molar-refractivity contribution in [3.8, 4) is 11.5 Å². The second-order valence-corrected chi connectivity index (χ2v) is 6.83. The number of hydrogen-bond acceptors (Lipinski definition) is 4. The number of aryl methyl sites for hydroxylation is 2. The lowest BCUT2D eigenvalue weighted by atomic mass is 10.2. The third-order valence-corrected chi connectivity index (χ3v) is 4.25. The first-order valence-corrected chi connectivity index (χ1v) is 9.37. The van der Waals surface area contributed by atoms with Gasteiger partial charge in [0.2, 0.25) is 11.8 Å². The molecule has 7 heteroatoms. The van der Waals surface area contributed by atoms with Crippen molar-refractivity contribution in [2.24, 2.45) is 0 Å². The van der Waals surface area contributed by atoms with E-state index in [4.69, 9.17) is 21.1 Å². The van der Waals surface area contributed by atoms with Gasteiger partial charge in [0, 0.05) is 11.4 Å². The van der Waals surface area contributed by atoms with Crippen LogP contribution < -0.4 is 20.1 Å². The van der Waals surface area contributed by atoms with Gasteiger partial charge in [-0.05, 0) is 61.7 Å². The van der Waals surface area contributed by atoms with E-state index in [1.807, 2.05) is 38.1 Å². The van der Waals surface area contributed by atoms with Crippen molar-refractivity contribution in [3.63, 3.8) is 0 Å². The van der Waals surface area contributed by atoms with Crippen LogP contribution in [0, 0.1) is 13.8 Å². The topological polar surface area (TPSA) is 76.7 Å². The Labute approximate surface area is 170 Å². The van der Waals surface area contributed by atoms with Gasteiger partial charge in [-0.2, -0.15) is 0 Å². The number of carbonyl (C=O) groups excluding carboxylic acids is 2. The van der Waals surface area contributed by atoms with Crippen LogP contribution in [0.5, 0.6) is 11.5 Å². The van der Waals surface area contributed by atoms with Gasteiger partial charge in [0.15, 0.2) is 0 Å². The highest BCUT2D eigenvalue weighted by Crippen LogP contribution is 2.25. The van der Waals surface area contributed by atoms with Crippen LogP contribution >= 0.6 is 11.6 Å². The van der Waals surface area contributed by atoms with Gasteiger partial charge in [-0.3, -0.25) is 9.59 Å². The fourth-order valence-electron chi connectivity index (χ4n) is 2.57. The van der Waals surface area contributed by atoms with E-state index in [1.165, 1.54) is 7.11 Å². The number of methoxy groups -OCH3 is 1. The summed E-state index contributed by atoms with van der Waals surface area (Å²) in [5, 5.41) is 6.01. The SMILES string of the molecule is COc1ccc(C)cc1NC(=O)CNC(=O)CCCOc1ccc(Cl)cc1C. The van der Waals surface area contributed by atoms with Crippen molar-refractivity contribution in [1.82, 2.24) is 5.32 Å². The lowest BCUT2D eigenvalue weighted by Crippen LogP contribution is -2.33. The maximum Gasteiger partial charge on any atom is 0.243 e. The summed E-state index contributed by atoms with van der Waals surface area (Å²) < 4.78 is 10.9. The molecule has 0 spiro atoms. The molecule has 0 fully saturated rings. The predicted octanol–water partition coefficient (Wildman–Crippen LogP) is 3.88. The number of hydrogen-bond donors (Lipinski definition) is 2. The molecule has 28 heavy (non-hydrogen) atoms. The van der Waals surface area contributed by atoms with E-state index in [2.05, 4.69) is 10.6 Å². The summed E-state index contributed by atoms with van der Waals surface area (Å²) in [6, 6.07) is 10.9. The molecule has 6 nitrogen and oxygen atoms in total. The van der Waals surface area contributed by atoms with Gasteiger partial charge in [-0.25, -0.2) is 0 Å². The Bertz CT molecular complexity index is 839. The molecule has 0 aliphatic rings. The Kier molecular flexibility index (Phi) is 8.14. The van der Waals surface area contributed by atoms with E-state index in [1.54, 1.807) is 12.1 Å². The van der Waals surface area contributed by atoms with Gasteiger partial charge >= 0.3 is 0 Å². The molecule has 2 N–H and O–H groups in total. The number of rotatable bonds is 9. The number of nitrogens with one attached hydrogen (secondary N) is 2. The minimum Gasteiger partial charge on any atom is -0.495 e. The summed E-state index contributed by atoms with van der Waals surface area (Å²) in [7, 11) is 1.54. The Morgan fingerprint density at radius 2 is 1.79 bits per heavy atom. The maximum atomic E-state index is 12.1. The summed E-state index contributed by atoms with van der Waals surface area (Å²) in [5.41, 5.74) is 2.52. The smallest absolute Gasteiger partial charge is 0.243 e. The van der Waals surface area contributed by atoms with Crippen molar-refractivity contribution in [3.05, 3.63) is 52.5 Å². The number of ether oxygens (including phenoxy) is 2. The van der Waals surface area contributed by atoms with Crippen molar-refractivity contribution >= 4 is 29.1 Å². The zero-order chi connectivity index (χ0) is 20.5. The Morgan fingerprint density at radius 1 is 1.04 bits per heavy atom. The fourth-order valence-corrected chi connectivity index (χ4v) is 2.80. The molecule has 0 heterocycles. The minimum absolute atomic E-state index is 0.104. The molecule has 0 aliphatic heterocycles. The largest absolute Gasteiger partial charge is 0.495 e. The van der Waals surface area contributed by atoms with Crippen LogP contribution in [0.4, 0.5) is 5.69 Å². The predicted molar refractivity (Wildman–Crippen MR) is 110 cm³/mol. The molecule has 2 aromatic carbocycles. The summed E-state index contributed by atoms with van der Waals surface area (Å²) in [4.78, 5) is 24.0. The minimum atomic E-state index is -0.315. The van der Waals surface area contributed by atoms with Crippen molar-refractivity contribution in [2.45, 2.75) is 26.7 Å². The van der Waals surface area contributed by atoms with E-state index < -0.39 is 0 Å². The highest BCUT2D eigenvalue weighted by Gasteiger charge is 2.10. The molecule has 2 rings (SSSR count). The number of benzene rings is 2. The summed E-state index contributed by atoms with van der Waals surface area (Å²) in [6.07, 6.45) is 0.814. The van der Waals surface area contributed by atoms with Crippen molar-refractivity contribution in [1.29, 1.82) is 0 Å². The van der Waals surface area contributed by atoms with Gasteiger partial charge in [-0.15, -0.1) is 0 Å². The summed E-state index contributed by atoms with van der Waals surface area (Å²) >= 11 is 5.91. The second-order valence-electron chi connectivity index (χ2n) is 6.39. The van der Waals surface area contributed by atoms with Gasteiger partial charge < -0.3 is 20.1 Å². The highest BCUT2D eigenvalue weighted by atomic mass is 35.5. The average Bonchev–Trinajstić information content (AvgIpc) is 2.65. The first-order valence-electron chi connectivity index (χ1n) is 8.99. The van der Waals surface area contributed by atoms with Gasteiger partial charge in [-0.1, -0.05) is 17.7 Å². The molecular weight excluding hydrogens is 380 g/mol. The van der Waals surface area contributed by atoms with Crippen LogP contribution in [-0.4, -0.2) is 32.1 Å². The molecular formula is C21H25ClN2O4. The molecule has 0 bridgehead atoms. The van der Waals surface area contributed by atoms with Crippen LogP contribution in [0.15, 0.2) is 36.4 Å². The zero-order valence-electron chi connectivity index (χ0n) is 16.3. The normalized spacial score (nSPS) is 10.3. The van der Waals surface area contributed by atoms with Crippen molar-refractivity contribution < 1.29 is 19.1 Å². The van der Waals surface area contributed by atoms with Gasteiger partial charge in [0.1, 0.15) is 11.5 Å². The van der Waals surface area contributed by atoms with E-state index in [-0.39, 0.29) is 24.8 Å². The van der Waals surface area contributed by atoms with Crippen LogP contribution in [0.1, 0.15) is 24.0 Å². The molecule has 0 aromatic heterocycles. The summed E-state index contributed by atoms with van der Waals surface area (Å²) in [5.74, 6) is 0.796. The Balaban J connectivity index is 1.69. The molecule has 0 saturated heterocycles. The quantitative estimate of drug-likeness (QED) is 0.622. The zero-order valence-corrected chi connectivity index (χ0v) is 17.1. The van der Waals surface area contributed by atoms with E-state index in [0.717, 1.165) is 16.9 Å². The first kappa shape index (κ1) is 21.6. The number of carbonyl (C=O) groups is 2. The number of halogens is 1. The molecule has 2 aromatic rings. The molecule has 0 saturated carbocycles. The lowest BCUT2D eigenvalue weighted by molar-refractivity contribution is -0.124. The number of amides is 2. The average molecular weight is 405 g/mol. The molecule has 150 valence electrons. The second kappa shape index (κ2) is 10.6. The monoisotopic (exact) mass is 404 g/mol. The van der Waals surface area contributed by atoms with Crippen LogP contribution in [0.2, 0.25) is 5.02 Å². The third kappa shape index (κ3) is 6.78. The third-order valence-electron chi connectivity index (χ3n) is 4.02. The Morgan fingerprint density at radius 3 is 2.50 bits per heavy atom. The van der Waals surface area contributed by atoms with Gasteiger partial charge in [0.05, 0.1) is 25.9 Å². The fraction of sp³-hybridized carbons (Fsp3) is 0.333. The van der Waals surface area contributed by atoms with E-state index in [0.29, 0.717) is 29.5 Å². The highest BCUT2D eigenvalue weighted by molar-refractivity contribution is 6.30. The molecule has 0 unspecified atom stereocenters. The molecule has 0 aliphatic carbocycles.